The summed E-state index contributed by atoms with van der Waals surface area (Å²) in [5.41, 5.74) is 6.22. The monoisotopic (exact) mass is 335 g/mol. The van der Waals surface area contributed by atoms with Gasteiger partial charge in [0, 0.05) is 19.6 Å². The summed E-state index contributed by atoms with van der Waals surface area (Å²) in [6.45, 7) is 1.50. The third-order valence-corrected chi connectivity index (χ3v) is 5.41. The van der Waals surface area contributed by atoms with Gasteiger partial charge in [-0.15, -0.1) is 0 Å². The number of rotatable bonds is 5. The summed E-state index contributed by atoms with van der Waals surface area (Å²) >= 11 is 5.67. The molecular formula is C13H19ClFN3O2S. The molecule has 8 heteroatoms. The van der Waals surface area contributed by atoms with E-state index in [1.165, 1.54) is 22.5 Å². The molecule has 0 spiro atoms. The third-order valence-electron chi connectivity index (χ3n) is 3.60. The zero-order chi connectivity index (χ0) is 15.5. The highest BCUT2D eigenvalue weighted by Gasteiger charge is 2.27. The quantitative estimate of drug-likeness (QED) is 0.856. The lowest BCUT2D eigenvalue weighted by atomic mass is 10.0. The molecule has 0 saturated carbocycles. The van der Waals surface area contributed by atoms with E-state index in [0.29, 0.717) is 25.2 Å². The summed E-state index contributed by atoms with van der Waals surface area (Å²) in [4.78, 5) is 0. The summed E-state index contributed by atoms with van der Waals surface area (Å²) in [6, 6.07) is 4.14. The van der Waals surface area contributed by atoms with E-state index >= 15 is 0 Å². The smallest absolute Gasteiger partial charge is 0.279 e. The molecule has 1 aromatic carbocycles. The first-order valence-electron chi connectivity index (χ1n) is 6.81. The highest BCUT2D eigenvalue weighted by Crippen LogP contribution is 2.19. The Bertz CT molecular complexity index is 597. The number of hydrogen-bond donors (Lipinski definition) is 2. The van der Waals surface area contributed by atoms with Crippen LogP contribution in [0.5, 0.6) is 0 Å². The minimum atomic E-state index is -3.56. The van der Waals surface area contributed by atoms with Crippen LogP contribution in [0.4, 0.5) is 4.39 Å². The lowest BCUT2D eigenvalue weighted by molar-refractivity contribution is 0.268. The van der Waals surface area contributed by atoms with E-state index in [4.69, 9.17) is 17.3 Å². The molecule has 1 atom stereocenters. The van der Waals surface area contributed by atoms with Crippen molar-refractivity contribution in [2.75, 3.05) is 19.6 Å². The van der Waals surface area contributed by atoms with Crippen molar-refractivity contribution in [3.63, 3.8) is 0 Å². The lowest BCUT2D eigenvalue weighted by Crippen LogP contribution is -2.47. The Kier molecular flexibility index (Phi) is 5.56. The third kappa shape index (κ3) is 4.37. The van der Waals surface area contributed by atoms with E-state index in [9.17, 15) is 12.8 Å². The zero-order valence-corrected chi connectivity index (χ0v) is 13.1. The Labute approximate surface area is 129 Å². The van der Waals surface area contributed by atoms with Gasteiger partial charge in [-0.2, -0.15) is 17.4 Å². The van der Waals surface area contributed by atoms with Crippen molar-refractivity contribution >= 4 is 21.8 Å². The van der Waals surface area contributed by atoms with E-state index < -0.39 is 16.0 Å². The number of nitrogens with two attached hydrogens (primary N) is 1. The molecule has 1 fully saturated rings. The summed E-state index contributed by atoms with van der Waals surface area (Å²) in [5, 5.41) is -0.0205. The van der Waals surface area contributed by atoms with Gasteiger partial charge in [-0.05, 0) is 43.0 Å². The molecule has 1 unspecified atom stereocenters. The number of hydrogen-bond acceptors (Lipinski definition) is 3. The molecule has 0 radical (unpaired) electrons. The van der Waals surface area contributed by atoms with Crippen LogP contribution in [0, 0.1) is 11.7 Å². The van der Waals surface area contributed by atoms with Gasteiger partial charge in [-0.3, -0.25) is 0 Å². The summed E-state index contributed by atoms with van der Waals surface area (Å²) in [5.74, 6) is -0.319. The molecule has 3 N–H and O–H groups in total. The van der Waals surface area contributed by atoms with Gasteiger partial charge in [0.05, 0.1) is 5.02 Å². The van der Waals surface area contributed by atoms with Gasteiger partial charge in [-0.1, -0.05) is 17.7 Å². The van der Waals surface area contributed by atoms with Crippen LogP contribution in [0.2, 0.25) is 5.02 Å². The summed E-state index contributed by atoms with van der Waals surface area (Å²) in [7, 11) is -3.56. The molecule has 1 heterocycles. The van der Waals surface area contributed by atoms with Crippen LogP contribution >= 0.6 is 11.6 Å². The van der Waals surface area contributed by atoms with E-state index in [0.717, 1.165) is 12.8 Å². The first-order chi connectivity index (χ1) is 9.92. The summed E-state index contributed by atoms with van der Waals surface area (Å²) in [6.07, 6.45) is 1.77. The molecule has 1 aliphatic rings. The predicted molar refractivity (Wildman–Crippen MR) is 80.5 cm³/mol. The summed E-state index contributed by atoms with van der Waals surface area (Å²) < 4.78 is 41.5. The standard InChI is InChI=1S/C13H19ClFN3O2S/c14-12-6-10(3-4-13(12)15)8-17-21(19,20)18-5-1-2-11(7-16)9-18/h3-4,6,11,17H,1-2,5,7-9,16H2. The van der Waals surface area contributed by atoms with Gasteiger partial charge < -0.3 is 5.73 Å². The molecule has 1 aliphatic heterocycles. The highest BCUT2D eigenvalue weighted by molar-refractivity contribution is 7.87. The fourth-order valence-corrected chi connectivity index (χ4v) is 3.86. The fourth-order valence-electron chi connectivity index (χ4n) is 2.35. The molecule has 0 bridgehead atoms. The van der Waals surface area contributed by atoms with Crippen LogP contribution in [0.1, 0.15) is 18.4 Å². The maximum absolute atomic E-state index is 13.1. The average Bonchev–Trinajstić information content (AvgIpc) is 2.48. The van der Waals surface area contributed by atoms with Gasteiger partial charge in [0.15, 0.2) is 0 Å². The molecule has 0 aromatic heterocycles. The van der Waals surface area contributed by atoms with Crippen molar-refractivity contribution in [2.45, 2.75) is 19.4 Å². The molecule has 0 aliphatic carbocycles. The van der Waals surface area contributed by atoms with E-state index in [2.05, 4.69) is 4.72 Å². The first-order valence-corrected chi connectivity index (χ1v) is 8.63. The van der Waals surface area contributed by atoms with Crippen LogP contribution in [-0.2, 0) is 16.8 Å². The van der Waals surface area contributed by atoms with Crippen molar-refractivity contribution < 1.29 is 12.8 Å². The predicted octanol–water partition coefficient (Wildman–Crippen LogP) is 1.48. The van der Waals surface area contributed by atoms with Gasteiger partial charge in [0.2, 0.25) is 0 Å². The molecule has 2 rings (SSSR count). The van der Waals surface area contributed by atoms with Crippen molar-refractivity contribution in [3.8, 4) is 0 Å². The normalized spacial score (nSPS) is 20.6. The van der Waals surface area contributed by atoms with Crippen LogP contribution in [-0.4, -0.2) is 32.4 Å². The number of benzene rings is 1. The van der Waals surface area contributed by atoms with E-state index in [-0.39, 0.29) is 17.5 Å². The molecular weight excluding hydrogens is 317 g/mol. The van der Waals surface area contributed by atoms with Crippen LogP contribution in [0.15, 0.2) is 18.2 Å². The van der Waals surface area contributed by atoms with Gasteiger partial charge in [0.1, 0.15) is 5.82 Å². The van der Waals surface area contributed by atoms with Crippen LogP contribution in [0.3, 0.4) is 0 Å². The number of halogens is 2. The highest BCUT2D eigenvalue weighted by atomic mass is 35.5. The van der Waals surface area contributed by atoms with Gasteiger partial charge in [0.25, 0.3) is 10.2 Å². The van der Waals surface area contributed by atoms with Crippen molar-refractivity contribution in [1.82, 2.24) is 9.03 Å². The minimum absolute atomic E-state index is 0.0205. The maximum Gasteiger partial charge on any atom is 0.279 e. The second-order valence-corrected chi connectivity index (χ2v) is 7.34. The van der Waals surface area contributed by atoms with Crippen molar-refractivity contribution in [3.05, 3.63) is 34.6 Å². The van der Waals surface area contributed by atoms with Gasteiger partial charge in [-0.25, -0.2) is 4.39 Å². The molecule has 1 saturated heterocycles. The maximum atomic E-state index is 13.1. The van der Waals surface area contributed by atoms with Crippen LogP contribution < -0.4 is 10.5 Å². The molecule has 5 nitrogen and oxygen atoms in total. The molecule has 1 aromatic rings. The number of piperidine rings is 1. The second-order valence-electron chi connectivity index (χ2n) is 5.18. The number of nitrogens with one attached hydrogen (secondary N) is 1. The van der Waals surface area contributed by atoms with E-state index in [1.54, 1.807) is 0 Å². The Morgan fingerprint density at radius 3 is 2.90 bits per heavy atom. The van der Waals surface area contributed by atoms with Crippen LogP contribution in [0.25, 0.3) is 0 Å². The fraction of sp³-hybridized carbons (Fsp3) is 0.538. The van der Waals surface area contributed by atoms with Crippen molar-refractivity contribution in [1.29, 1.82) is 0 Å². The Hall–Kier alpha value is -0.730. The van der Waals surface area contributed by atoms with Gasteiger partial charge >= 0.3 is 0 Å². The topological polar surface area (TPSA) is 75.4 Å². The Morgan fingerprint density at radius 2 is 2.24 bits per heavy atom. The Morgan fingerprint density at radius 1 is 1.48 bits per heavy atom. The first kappa shape index (κ1) is 16.6. The molecule has 21 heavy (non-hydrogen) atoms. The molecule has 0 amide bonds. The Balaban J connectivity index is 1.98. The van der Waals surface area contributed by atoms with E-state index in [1.807, 2.05) is 0 Å². The average molecular weight is 336 g/mol. The lowest BCUT2D eigenvalue weighted by Gasteiger charge is -2.31. The second kappa shape index (κ2) is 7.02. The largest absolute Gasteiger partial charge is 0.330 e. The molecule has 118 valence electrons. The zero-order valence-electron chi connectivity index (χ0n) is 11.6. The SMILES string of the molecule is NCC1CCCN(S(=O)(=O)NCc2ccc(F)c(Cl)c2)C1. The van der Waals surface area contributed by atoms with Crippen molar-refractivity contribution in [2.24, 2.45) is 11.7 Å². The minimum Gasteiger partial charge on any atom is -0.330 e. The number of nitrogens with zero attached hydrogens (tertiary/aromatic N) is 1.